The number of hydrogen-bond donors (Lipinski definition) is 3. The molecule has 3 aromatic heterocycles. The van der Waals surface area contributed by atoms with Crippen LogP contribution in [0.25, 0.3) is 11.6 Å². The number of aliphatic imine (C=N–C) groups is 1. The SMILES string of the molecule is CCNC(=NCCc1nc(-c2ccco2)n[nH]1)NC(C)c1nc(C)c(C(=O)OCC)s1.I. The van der Waals surface area contributed by atoms with Crippen LogP contribution >= 0.6 is 35.3 Å². The summed E-state index contributed by atoms with van der Waals surface area (Å²) in [6.07, 6.45) is 2.19. The van der Waals surface area contributed by atoms with Crippen LogP contribution in [0.2, 0.25) is 0 Å². The number of halogens is 1. The maximum Gasteiger partial charge on any atom is 0.350 e. The minimum Gasteiger partial charge on any atom is -0.462 e. The van der Waals surface area contributed by atoms with Gasteiger partial charge in [0.25, 0.3) is 0 Å². The Bertz CT molecular complexity index is 1020. The van der Waals surface area contributed by atoms with Crippen LogP contribution in [0.5, 0.6) is 0 Å². The molecule has 10 nitrogen and oxygen atoms in total. The van der Waals surface area contributed by atoms with Gasteiger partial charge in [0.2, 0.25) is 5.82 Å². The Morgan fingerprint density at radius 1 is 1.38 bits per heavy atom. The highest BCUT2D eigenvalue weighted by Gasteiger charge is 2.20. The van der Waals surface area contributed by atoms with E-state index in [2.05, 4.69) is 35.8 Å². The number of aryl methyl sites for hydroxylation is 1. The van der Waals surface area contributed by atoms with Crippen molar-refractivity contribution < 1.29 is 13.9 Å². The third-order valence-electron chi connectivity index (χ3n) is 4.23. The van der Waals surface area contributed by atoms with Crippen molar-refractivity contribution in [2.75, 3.05) is 19.7 Å². The molecule has 0 bridgehead atoms. The number of nitrogens with zero attached hydrogens (tertiary/aromatic N) is 4. The molecule has 1 unspecified atom stereocenters. The summed E-state index contributed by atoms with van der Waals surface area (Å²) in [5.41, 5.74) is 0.673. The average molecular weight is 573 g/mol. The molecule has 0 saturated heterocycles. The highest BCUT2D eigenvalue weighted by atomic mass is 127. The predicted octanol–water partition coefficient (Wildman–Crippen LogP) is 3.48. The van der Waals surface area contributed by atoms with Crippen molar-refractivity contribution in [2.45, 2.75) is 40.2 Å². The molecule has 32 heavy (non-hydrogen) atoms. The number of aromatic nitrogens is 4. The third-order valence-corrected chi connectivity index (χ3v) is 5.55. The zero-order valence-corrected chi connectivity index (χ0v) is 21.6. The van der Waals surface area contributed by atoms with E-state index in [0.717, 1.165) is 10.8 Å². The van der Waals surface area contributed by atoms with Crippen LogP contribution in [0.15, 0.2) is 27.8 Å². The maximum absolute atomic E-state index is 12.1. The lowest BCUT2D eigenvalue weighted by atomic mass is 10.3. The summed E-state index contributed by atoms with van der Waals surface area (Å²) < 4.78 is 10.4. The number of thiazole rings is 1. The van der Waals surface area contributed by atoms with Crippen LogP contribution in [0.1, 0.15) is 53.0 Å². The van der Waals surface area contributed by atoms with E-state index in [1.54, 1.807) is 19.3 Å². The highest BCUT2D eigenvalue weighted by molar-refractivity contribution is 14.0. The molecule has 0 saturated carbocycles. The van der Waals surface area contributed by atoms with Gasteiger partial charge in [-0.3, -0.25) is 10.1 Å². The molecule has 0 spiro atoms. The number of carbonyl (C=O) groups excluding carboxylic acids is 1. The van der Waals surface area contributed by atoms with E-state index < -0.39 is 0 Å². The largest absolute Gasteiger partial charge is 0.462 e. The van der Waals surface area contributed by atoms with Crippen molar-refractivity contribution >= 4 is 47.2 Å². The van der Waals surface area contributed by atoms with Gasteiger partial charge in [0.15, 0.2) is 11.7 Å². The molecule has 1 atom stereocenters. The topological polar surface area (TPSA) is 130 Å². The lowest BCUT2D eigenvalue weighted by Crippen LogP contribution is -2.38. The van der Waals surface area contributed by atoms with E-state index in [4.69, 9.17) is 9.15 Å². The molecule has 12 heteroatoms. The standard InChI is InChI=1S/C20H27N7O3S.HI/c1-5-21-20(22-10-9-15-25-17(27-26-15)14-8-7-11-30-14)24-13(4)18-23-12(3)16(31-18)19(28)29-6-2;/h7-8,11,13H,5-6,9-10H2,1-4H3,(H2,21,22,24)(H,25,26,27);1H. The monoisotopic (exact) mass is 573 g/mol. The van der Waals surface area contributed by atoms with E-state index in [1.807, 2.05) is 26.8 Å². The fourth-order valence-electron chi connectivity index (χ4n) is 2.77. The average Bonchev–Trinajstić information content (AvgIpc) is 3.49. The van der Waals surface area contributed by atoms with Gasteiger partial charge in [-0.2, -0.15) is 5.10 Å². The van der Waals surface area contributed by atoms with Gasteiger partial charge in [-0.05, 0) is 39.8 Å². The summed E-state index contributed by atoms with van der Waals surface area (Å²) in [7, 11) is 0. The first-order chi connectivity index (χ1) is 15.0. The van der Waals surface area contributed by atoms with Gasteiger partial charge in [-0.25, -0.2) is 14.8 Å². The van der Waals surface area contributed by atoms with Crippen LogP contribution in [0, 0.1) is 6.92 Å². The molecule has 174 valence electrons. The molecule has 3 heterocycles. The van der Waals surface area contributed by atoms with Crippen LogP contribution < -0.4 is 10.6 Å². The van der Waals surface area contributed by atoms with Crippen molar-refractivity contribution in [1.29, 1.82) is 0 Å². The van der Waals surface area contributed by atoms with Gasteiger partial charge in [-0.1, -0.05) is 0 Å². The number of H-pyrrole nitrogens is 1. The summed E-state index contributed by atoms with van der Waals surface area (Å²) in [5, 5.41) is 14.4. The molecule has 0 radical (unpaired) electrons. The quantitative estimate of drug-likeness (QED) is 0.154. The van der Waals surface area contributed by atoms with Crippen LogP contribution in [-0.4, -0.2) is 51.8 Å². The molecular weight excluding hydrogens is 545 g/mol. The van der Waals surface area contributed by atoms with Gasteiger partial charge < -0.3 is 19.8 Å². The molecule has 0 aliphatic heterocycles. The van der Waals surface area contributed by atoms with E-state index in [1.165, 1.54) is 11.3 Å². The van der Waals surface area contributed by atoms with Crippen LogP contribution in [-0.2, 0) is 11.2 Å². The minimum atomic E-state index is -0.336. The predicted molar refractivity (Wildman–Crippen MR) is 134 cm³/mol. The second-order valence-electron chi connectivity index (χ2n) is 6.65. The molecule has 3 aromatic rings. The Kier molecular flexibility index (Phi) is 10.1. The number of furan rings is 1. The maximum atomic E-state index is 12.1. The number of esters is 1. The van der Waals surface area contributed by atoms with Crippen molar-refractivity contribution in [3.63, 3.8) is 0 Å². The highest BCUT2D eigenvalue weighted by Crippen LogP contribution is 2.24. The van der Waals surface area contributed by atoms with E-state index in [-0.39, 0.29) is 36.0 Å². The first-order valence-electron chi connectivity index (χ1n) is 10.2. The molecular formula is C20H28IN7O3S. The number of hydrogen-bond acceptors (Lipinski definition) is 8. The number of rotatable bonds is 9. The fourth-order valence-corrected chi connectivity index (χ4v) is 3.74. The summed E-state index contributed by atoms with van der Waals surface area (Å²) >= 11 is 1.33. The van der Waals surface area contributed by atoms with Gasteiger partial charge in [0.05, 0.1) is 24.6 Å². The minimum absolute atomic E-state index is 0. The fraction of sp³-hybridized carbons (Fsp3) is 0.450. The van der Waals surface area contributed by atoms with Gasteiger partial charge in [-0.15, -0.1) is 35.3 Å². The smallest absolute Gasteiger partial charge is 0.350 e. The first kappa shape index (κ1) is 25.8. The third kappa shape index (κ3) is 6.76. The summed E-state index contributed by atoms with van der Waals surface area (Å²) in [4.78, 5) is 26.1. The van der Waals surface area contributed by atoms with Gasteiger partial charge in [0, 0.05) is 19.5 Å². The number of aromatic amines is 1. The molecule has 3 N–H and O–H groups in total. The normalized spacial score (nSPS) is 12.2. The Hall–Kier alpha value is -2.48. The van der Waals surface area contributed by atoms with Crippen LogP contribution in [0.3, 0.4) is 0 Å². The Morgan fingerprint density at radius 3 is 2.88 bits per heavy atom. The van der Waals surface area contributed by atoms with Crippen molar-refractivity contribution in [2.24, 2.45) is 4.99 Å². The number of nitrogens with one attached hydrogen (secondary N) is 3. The van der Waals surface area contributed by atoms with Gasteiger partial charge in [0.1, 0.15) is 15.7 Å². The summed E-state index contributed by atoms with van der Waals surface area (Å²) in [6.45, 7) is 9.15. The van der Waals surface area contributed by atoms with Gasteiger partial charge >= 0.3 is 5.97 Å². The lowest BCUT2D eigenvalue weighted by molar-refractivity contribution is 0.0531. The van der Waals surface area contributed by atoms with Crippen molar-refractivity contribution in [3.8, 4) is 11.6 Å². The second kappa shape index (κ2) is 12.5. The van der Waals surface area contributed by atoms with E-state index in [9.17, 15) is 4.79 Å². The zero-order chi connectivity index (χ0) is 22.2. The molecule has 0 amide bonds. The number of ether oxygens (including phenoxy) is 1. The van der Waals surface area contributed by atoms with Crippen molar-refractivity contribution in [1.82, 2.24) is 30.8 Å². The van der Waals surface area contributed by atoms with Crippen molar-refractivity contribution in [3.05, 3.63) is 39.8 Å². The molecule has 0 aliphatic rings. The number of guanidine groups is 1. The molecule has 0 aliphatic carbocycles. The molecule has 0 aromatic carbocycles. The Balaban J connectivity index is 0.00000363. The molecule has 3 rings (SSSR count). The summed E-state index contributed by atoms with van der Waals surface area (Å²) in [6, 6.07) is 3.48. The van der Waals surface area contributed by atoms with Crippen LogP contribution in [0.4, 0.5) is 0 Å². The second-order valence-corrected chi connectivity index (χ2v) is 7.68. The Morgan fingerprint density at radius 2 is 2.19 bits per heavy atom. The first-order valence-corrected chi connectivity index (χ1v) is 11.0. The van der Waals surface area contributed by atoms with E-state index in [0.29, 0.717) is 54.2 Å². The molecule has 0 fully saturated rings. The number of carbonyl (C=O) groups is 1. The zero-order valence-electron chi connectivity index (χ0n) is 18.5. The van der Waals surface area contributed by atoms with E-state index >= 15 is 0 Å². The lowest BCUT2D eigenvalue weighted by Gasteiger charge is -2.15. The summed E-state index contributed by atoms with van der Waals surface area (Å²) in [5.74, 6) is 2.20. The Labute approximate surface area is 207 Å².